The SMILES string of the molecule is Cc1ccc2c(N)c(C(=O)NC3COc4nc(N5CC(N)C6(C5)OC(C)C(C)O6)ccc4C3)sc2n1. The van der Waals surface area contributed by atoms with Crippen LogP contribution in [0.2, 0.25) is 0 Å². The van der Waals surface area contributed by atoms with E-state index in [2.05, 4.69) is 15.2 Å². The van der Waals surface area contributed by atoms with Crippen LogP contribution in [0.25, 0.3) is 10.2 Å². The molecule has 5 N–H and O–H groups in total. The molecule has 0 saturated carbocycles. The zero-order valence-electron chi connectivity index (χ0n) is 20.5. The summed E-state index contributed by atoms with van der Waals surface area (Å²) in [5.74, 6) is 0.313. The van der Waals surface area contributed by atoms with Crippen LogP contribution >= 0.6 is 11.3 Å². The zero-order chi connectivity index (χ0) is 25.2. The smallest absolute Gasteiger partial charge is 0.263 e. The molecule has 190 valence electrons. The molecule has 0 aliphatic carbocycles. The molecule has 1 amide bonds. The minimum Gasteiger partial charge on any atom is -0.475 e. The number of thiophene rings is 1. The molecular weight excluding hydrogens is 480 g/mol. The van der Waals surface area contributed by atoms with E-state index in [1.165, 1.54) is 11.3 Å². The Balaban J connectivity index is 1.14. The highest BCUT2D eigenvalue weighted by molar-refractivity contribution is 7.21. The van der Waals surface area contributed by atoms with Crippen molar-refractivity contribution in [3.63, 3.8) is 0 Å². The molecule has 0 aromatic carbocycles. The fourth-order valence-corrected chi connectivity index (χ4v) is 6.16. The number of amides is 1. The lowest BCUT2D eigenvalue weighted by molar-refractivity contribution is -0.164. The molecule has 3 aliphatic rings. The van der Waals surface area contributed by atoms with Crippen LogP contribution in [-0.2, 0) is 15.9 Å². The standard InChI is InChI=1S/C25H30N6O4S/c1-12-4-6-17-20(27)21(36-24(17)28-12)22(32)29-16-8-15-5-7-19(30-23(15)33-10-16)31-9-18(26)25(11-31)34-13(2)14(3)35-25/h4-7,13-14,16,18H,8-11,26-27H2,1-3H3,(H,29,32). The predicted molar refractivity (Wildman–Crippen MR) is 137 cm³/mol. The number of anilines is 2. The van der Waals surface area contributed by atoms with Crippen molar-refractivity contribution >= 4 is 39.0 Å². The maximum absolute atomic E-state index is 13.0. The number of hydrogen-bond acceptors (Lipinski definition) is 10. The van der Waals surface area contributed by atoms with Gasteiger partial charge in [0.25, 0.3) is 5.91 Å². The molecule has 0 bridgehead atoms. The molecule has 3 aromatic heterocycles. The van der Waals surface area contributed by atoms with Gasteiger partial charge >= 0.3 is 0 Å². The molecule has 3 aromatic rings. The first kappa shape index (κ1) is 23.4. The number of carbonyl (C=O) groups is 1. The van der Waals surface area contributed by atoms with Crippen molar-refractivity contribution in [2.75, 3.05) is 30.3 Å². The second-order valence-electron chi connectivity index (χ2n) is 9.91. The Bertz CT molecular complexity index is 1340. The van der Waals surface area contributed by atoms with Crippen LogP contribution in [0, 0.1) is 6.92 Å². The number of hydrogen-bond donors (Lipinski definition) is 3. The largest absolute Gasteiger partial charge is 0.475 e. The Morgan fingerprint density at radius 2 is 1.97 bits per heavy atom. The van der Waals surface area contributed by atoms with Crippen molar-refractivity contribution in [1.29, 1.82) is 0 Å². The maximum Gasteiger partial charge on any atom is 0.263 e. The van der Waals surface area contributed by atoms with Crippen molar-refractivity contribution in [3.05, 3.63) is 40.4 Å². The van der Waals surface area contributed by atoms with E-state index in [1.54, 1.807) is 0 Å². The lowest BCUT2D eigenvalue weighted by atomic mass is 10.1. The van der Waals surface area contributed by atoms with Gasteiger partial charge in [0.1, 0.15) is 22.1 Å². The van der Waals surface area contributed by atoms with E-state index in [0.717, 1.165) is 27.3 Å². The van der Waals surface area contributed by atoms with Gasteiger partial charge < -0.3 is 35.9 Å². The summed E-state index contributed by atoms with van der Waals surface area (Å²) in [6.45, 7) is 7.33. The highest BCUT2D eigenvalue weighted by Crippen LogP contribution is 2.38. The Hall–Kier alpha value is -2.99. The van der Waals surface area contributed by atoms with E-state index < -0.39 is 5.79 Å². The molecule has 11 heteroatoms. The summed E-state index contributed by atoms with van der Waals surface area (Å²) in [4.78, 5) is 25.6. The first-order chi connectivity index (χ1) is 17.2. The first-order valence-corrected chi connectivity index (χ1v) is 13.0. The van der Waals surface area contributed by atoms with Crippen LogP contribution in [0.1, 0.15) is 34.8 Å². The number of nitrogens with two attached hydrogens (primary N) is 2. The van der Waals surface area contributed by atoms with E-state index in [1.807, 2.05) is 45.0 Å². The van der Waals surface area contributed by atoms with Gasteiger partial charge in [-0.25, -0.2) is 4.98 Å². The Morgan fingerprint density at radius 3 is 2.75 bits per heavy atom. The number of rotatable bonds is 3. The molecule has 2 saturated heterocycles. The summed E-state index contributed by atoms with van der Waals surface area (Å²) in [7, 11) is 0. The number of nitrogens with zero attached hydrogens (tertiary/aromatic N) is 3. The number of ether oxygens (including phenoxy) is 3. The minimum atomic E-state index is -0.810. The van der Waals surface area contributed by atoms with Crippen LogP contribution < -0.4 is 26.4 Å². The summed E-state index contributed by atoms with van der Waals surface area (Å²) < 4.78 is 18.2. The van der Waals surface area contributed by atoms with Crippen molar-refractivity contribution in [1.82, 2.24) is 15.3 Å². The predicted octanol–water partition coefficient (Wildman–Crippen LogP) is 1.98. The van der Waals surface area contributed by atoms with Gasteiger partial charge in [0.05, 0.1) is 36.5 Å². The average molecular weight is 511 g/mol. The van der Waals surface area contributed by atoms with E-state index in [-0.39, 0.29) is 30.2 Å². The number of nitrogens with one attached hydrogen (secondary N) is 1. The van der Waals surface area contributed by atoms with Crippen LogP contribution in [-0.4, -0.2) is 65.7 Å². The summed E-state index contributed by atoms with van der Waals surface area (Å²) in [5, 5.41) is 3.86. The number of pyridine rings is 2. The molecule has 2 fully saturated rings. The number of carbonyl (C=O) groups excluding carboxylic acids is 1. The van der Waals surface area contributed by atoms with Crippen LogP contribution in [0.3, 0.4) is 0 Å². The highest BCUT2D eigenvalue weighted by Gasteiger charge is 2.54. The summed E-state index contributed by atoms with van der Waals surface area (Å²) in [5.41, 5.74) is 15.0. The van der Waals surface area contributed by atoms with E-state index in [9.17, 15) is 4.79 Å². The van der Waals surface area contributed by atoms with Gasteiger partial charge in [-0.1, -0.05) is 0 Å². The second kappa shape index (κ2) is 8.55. The molecule has 4 atom stereocenters. The molecular formula is C25H30N6O4S. The van der Waals surface area contributed by atoms with Crippen molar-refractivity contribution in [2.45, 2.75) is 57.3 Å². The van der Waals surface area contributed by atoms with Crippen molar-refractivity contribution in [3.8, 4) is 5.88 Å². The van der Waals surface area contributed by atoms with Gasteiger partial charge in [-0.3, -0.25) is 4.79 Å². The highest BCUT2D eigenvalue weighted by atomic mass is 32.1. The van der Waals surface area contributed by atoms with Crippen LogP contribution in [0.4, 0.5) is 11.5 Å². The Morgan fingerprint density at radius 1 is 1.19 bits per heavy atom. The number of nitrogen functional groups attached to an aromatic ring is 1. The molecule has 36 heavy (non-hydrogen) atoms. The number of fused-ring (bicyclic) bond motifs is 2. The third-order valence-electron chi connectivity index (χ3n) is 7.24. The Labute approximate surface area is 212 Å². The van der Waals surface area contributed by atoms with Crippen molar-refractivity contribution in [2.24, 2.45) is 5.73 Å². The van der Waals surface area contributed by atoms with Gasteiger partial charge in [-0.2, -0.15) is 4.98 Å². The van der Waals surface area contributed by atoms with Gasteiger partial charge in [0, 0.05) is 29.6 Å². The molecule has 3 aliphatic heterocycles. The molecule has 6 heterocycles. The zero-order valence-corrected chi connectivity index (χ0v) is 21.3. The second-order valence-corrected chi connectivity index (χ2v) is 10.9. The number of aryl methyl sites for hydroxylation is 1. The quantitative estimate of drug-likeness (QED) is 0.483. The van der Waals surface area contributed by atoms with Gasteiger partial charge in [0.15, 0.2) is 0 Å². The third-order valence-corrected chi connectivity index (χ3v) is 8.35. The van der Waals surface area contributed by atoms with E-state index in [0.29, 0.717) is 42.6 Å². The summed E-state index contributed by atoms with van der Waals surface area (Å²) in [6.07, 6.45) is 0.596. The van der Waals surface area contributed by atoms with E-state index >= 15 is 0 Å². The fraction of sp³-hybridized carbons (Fsp3) is 0.480. The lowest BCUT2D eigenvalue weighted by Gasteiger charge is -2.28. The monoisotopic (exact) mass is 510 g/mol. The number of aromatic nitrogens is 2. The Kier molecular flexibility index (Phi) is 5.56. The lowest BCUT2D eigenvalue weighted by Crippen LogP contribution is -2.48. The first-order valence-electron chi connectivity index (χ1n) is 12.2. The van der Waals surface area contributed by atoms with E-state index in [4.69, 9.17) is 30.7 Å². The maximum atomic E-state index is 13.0. The molecule has 6 rings (SSSR count). The molecule has 1 spiro atoms. The van der Waals surface area contributed by atoms with Crippen LogP contribution in [0.15, 0.2) is 24.3 Å². The summed E-state index contributed by atoms with van der Waals surface area (Å²) in [6, 6.07) is 7.29. The van der Waals surface area contributed by atoms with Crippen molar-refractivity contribution < 1.29 is 19.0 Å². The van der Waals surface area contributed by atoms with Crippen LogP contribution in [0.5, 0.6) is 5.88 Å². The fourth-order valence-electron chi connectivity index (χ4n) is 5.12. The molecule has 10 nitrogen and oxygen atoms in total. The van der Waals surface area contributed by atoms with Gasteiger partial charge in [0.2, 0.25) is 11.7 Å². The minimum absolute atomic E-state index is 0.00809. The topological polar surface area (TPSA) is 138 Å². The van der Waals surface area contributed by atoms with Gasteiger partial charge in [-0.05, 0) is 45.0 Å². The van der Waals surface area contributed by atoms with Gasteiger partial charge in [-0.15, -0.1) is 11.3 Å². The molecule has 4 unspecified atom stereocenters. The molecule has 0 radical (unpaired) electrons. The third kappa shape index (κ3) is 3.86. The average Bonchev–Trinajstić information content (AvgIpc) is 3.45. The normalized spacial score (nSPS) is 29.5. The summed E-state index contributed by atoms with van der Waals surface area (Å²) >= 11 is 1.31.